The molecule has 9 rings (SSSR count). The SMILES string of the molecule is c1ccc(-c2ccc(N(c3ccc4ccc5ccc6ccccc6c5c4c3)c3nccc4c3oc3ccccc34)cc2)cc1. The van der Waals surface area contributed by atoms with Gasteiger partial charge in [0.25, 0.3) is 0 Å². The molecule has 0 amide bonds. The van der Waals surface area contributed by atoms with E-state index in [0.29, 0.717) is 0 Å². The van der Waals surface area contributed by atoms with Crippen molar-refractivity contribution in [1.82, 2.24) is 4.98 Å². The molecule has 0 aliphatic rings. The topological polar surface area (TPSA) is 29.3 Å². The Morgan fingerprint density at radius 1 is 0.455 bits per heavy atom. The monoisotopic (exact) mass is 562 g/mol. The number of furan rings is 1. The number of hydrogen-bond donors (Lipinski definition) is 0. The van der Waals surface area contributed by atoms with Crippen molar-refractivity contribution in [2.45, 2.75) is 0 Å². The third-order valence-corrected chi connectivity index (χ3v) is 8.69. The van der Waals surface area contributed by atoms with Crippen LogP contribution >= 0.6 is 0 Å². The molecular weight excluding hydrogens is 536 g/mol. The van der Waals surface area contributed by atoms with Crippen LogP contribution in [0.5, 0.6) is 0 Å². The number of anilines is 3. The van der Waals surface area contributed by atoms with E-state index in [0.717, 1.165) is 39.1 Å². The molecule has 0 unspecified atom stereocenters. The first-order chi connectivity index (χ1) is 21.8. The fourth-order valence-electron chi connectivity index (χ4n) is 6.58. The van der Waals surface area contributed by atoms with E-state index >= 15 is 0 Å². The summed E-state index contributed by atoms with van der Waals surface area (Å²) in [5, 5.41) is 9.52. The van der Waals surface area contributed by atoms with Crippen molar-refractivity contribution < 1.29 is 4.42 Å². The molecule has 206 valence electrons. The van der Waals surface area contributed by atoms with Crippen molar-refractivity contribution in [2.75, 3.05) is 4.90 Å². The third kappa shape index (κ3) is 3.87. The van der Waals surface area contributed by atoms with Gasteiger partial charge in [-0.2, -0.15) is 0 Å². The summed E-state index contributed by atoms with van der Waals surface area (Å²) >= 11 is 0. The summed E-state index contributed by atoms with van der Waals surface area (Å²) < 4.78 is 6.51. The molecule has 2 aromatic heterocycles. The highest BCUT2D eigenvalue weighted by atomic mass is 16.3. The third-order valence-electron chi connectivity index (χ3n) is 8.69. The molecule has 0 aliphatic carbocycles. The normalized spacial score (nSPS) is 11.6. The van der Waals surface area contributed by atoms with Crippen molar-refractivity contribution in [2.24, 2.45) is 0 Å². The molecular formula is C41H26N2O. The second-order valence-electron chi connectivity index (χ2n) is 11.2. The summed E-state index contributed by atoms with van der Waals surface area (Å²) in [6, 6.07) is 53.6. The Labute approximate surface area is 254 Å². The molecule has 0 saturated carbocycles. The van der Waals surface area contributed by atoms with Gasteiger partial charge < -0.3 is 4.42 Å². The number of nitrogens with zero attached hydrogens (tertiary/aromatic N) is 2. The van der Waals surface area contributed by atoms with Crippen LogP contribution in [0.15, 0.2) is 162 Å². The lowest BCUT2D eigenvalue weighted by Crippen LogP contribution is -2.11. The summed E-state index contributed by atoms with van der Waals surface area (Å²) in [5.41, 5.74) is 6.00. The van der Waals surface area contributed by atoms with Crippen LogP contribution in [-0.4, -0.2) is 4.98 Å². The summed E-state index contributed by atoms with van der Waals surface area (Å²) in [6.07, 6.45) is 1.88. The lowest BCUT2D eigenvalue weighted by Gasteiger charge is -2.25. The molecule has 0 aliphatic heterocycles. The number of hydrogen-bond acceptors (Lipinski definition) is 3. The van der Waals surface area contributed by atoms with Gasteiger partial charge in [0.05, 0.1) is 0 Å². The first-order valence-corrected chi connectivity index (χ1v) is 14.9. The molecule has 3 heteroatoms. The zero-order valence-electron chi connectivity index (χ0n) is 23.8. The molecule has 7 aromatic carbocycles. The van der Waals surface area contributed by atoms with Gasteiger partial charge in [-0.1, -0.05) is 115 Å². The van der Waals surface area contributed by atoms with E-state index in [1.165, 1.54) is 43.4 Å². The molecule has 0 bridgehead atoms. The lowest BCUT2D eigenvalue weighted by atomic mass is 9.96. The van der Waals surface area contributed by atoms with Crippen molar-refractivity contribution in [1.29, 1.82) is 0 Å². The summed E-state index contributed by atoms with van der Waals surface area (Å²) in [4.78, 5) is 7.19. The van der Waals surface area contributed by atoms with Crippen LogP contribution in [0.2, 0.25) is 0 Å². The molecule has 2 heterocycles. The number of fused-ring (bicyclic) bond motifs is 8. The maximum atomic E-state index is 6.51. The largest absolute Gasteiger partial charge is 0.452 e. The molecule has 0 spiro atoms. The Morgan fingerprint density at radius 2 is 1.09 bits per heavy atom. The van der Waals surface area contributed by atoms with Gasteiger partial charge >= 0.3 is 0 Å². The molecule has 0 atom stereocenters. The molecule has 0 fully saturated rings. The minimum atomic E-state index is 0.760. The van der Waals surface area contributed by atoms with Crippen molar-refractivity contribution in [3.8, 4) is 11.1 Å². The number of rotatable bonds is 4. The van der Waals surface area contributed by atoms with Crippen LogP contribution in [0.1, 0.15) is 0 Å². The molecule has 0 radical (unpaired) electrons. The smallest absolute Gasteiger partial charge is 0.181 e. The lowest BCUT2D eigenvalue weighted by molar-refractivity contribution is 0.667. The number of aromatic nitrogens is 1. The maximum absolute atomic E-state index is 6.51. The van der Waals surface area contributed by atoms with Crippen LogP contribution in [0, 0.1) is 0 Å². The highest BCUT2D eigenvalue weighted by Gasteiger charge is 2.21. The zero-order chi connectivity index (χ0) is 29.0. The molecule has 0 N–H and O–H groups in total. The van der Waals surface area contributed by atoms with Crippen LogP contribution in [0.3, 0.4) is 0 Å². The van der Waals surface area contributed by atoms with E-state index in [1.54, 1.807) is 0 Å². The Kier molecular flexibility index (Phi) is 5.50. The van der Waals surface area contributed by atoms with E-state index in [-0.39, 0.29) is 0 Å². The van der Waals surface area contributed by atoms with Crippen LogP contribution < -0.4 is 4.90 Å². The Morgan fingerprint density at radius 3 is 1.93 bits per heavy atom. The highest BCUT2D eigenvalue weighted by Crippen LogP contribution is 2.43. The molecule has 3 nitrogen and oxygen atoms in total. The van der Waals surface area contributed by atoms with Gasteiger partial charge in [-0.25, -0.2) is 4.98 Å². The van der Waals surface area contributed by atoms with E-state index in [4.69, 9.17) is 9.40 Å². The Hall–Kier alpha value is -5.93. The van der Waals surface area contributed by atoms with Gasteiger partial charge in [0.15, 0.2) is 11.4 Å². The standard InChI is InChI=1S/C41H26N2O/c1-2-8-27(9-3-1)28-18-21-32(22-19-28)43(41-40-36(24-25-42-41)35-12-6-7-13-38(35)44-40)33-23-20-30-15-17-31-16-14-29-10-4-5-11-34(29)39(31)37(30)26-33/h1-26H. The number of pyridine rings is 1. The van der Waals surface area contributed by atoms with Gasteiger partial charge in [0, 0.05) is 28.3 Å². The van der Waals surface area contributed by atoms with Gasteiger partial charge in [-0.05, 0) is 79.8 Å². The van der Waals surface area contributed by atoms with Crippen LogP contribution in [-0.2, 0) is 0 Å². The van der Waals surface area contributed by atoms with Gasteiger partial charge in [0.2, 0.25) is 0 Å². The fraction of sp³-hybridized carbons (Fsp3) is 0. The number of benzene rings is 7. The van der Waals surface area contributed by atoms with Crippen molar-refractivity contribution in [3.05, 3.63) is 158 Å². The Bertz CT molecular complexity index is 2490. The average Bonchev–Trinajstić information content (AvgIpc) is 3.48. The van der Waals surface area contributed by atoms with Crippen LogP contribution in [0.25, 0.3) is 65.4 Å². The molecule has 9 aromatic rings. The van der Waals surface area contributed by atoms with Crippen molar-refractivity contribution >= 4 is 71.4 Å². The maximum Gasteiger partial charge on any atom is 0.181 e. The highest BCUT2D eigenvalue weighted by molar-refractivity contribution is 6.21. The van der Waals surface area contributed by atoms with E-state index in [1.807, 2.05) is 30.5 Å². The second-order valence-corrected chi connectivity index (χ2v) is 11.2. The zero-order valence-corrected chi connectivity index (χ0v) is 23.8. The van der Waals surface area contributed by atoms with Gasteiger partial charge in [-0.15, -0.1) is 0 Å². The predicted molar refractivity (Wildman–Crippen MR) is 184 cm³/mol. The summed E-state index contributed by atoms with van der Waals surface area (Å²) in [6.45, 7) is 0. The first kappa shape index (κ1) is 24.6. The average molecular weight is 563 g/mol. The second kappa shape index (κ2) is 9.82. The minimum Gasteiger partial charge on any atom is -0.452 e. The van der Waals surface area contributed by atoms with Gasteiger partial charge in [-0.3, -0.25) is 4.90 Å². The summed E-state index contributed by atoms with van der Waals surface area (Å²) in [5.74, 6) is 0.760. The minimum absolute atomic E-state index is 0.760. The van der Waals surface area contributed by atoms with E-state index < -0.39 is 0 Å². The van der Waals surface area contributed by atoms with Crippen LogP contribution in [0.4, 0.5) is 17.2 Å². The van der Waals surface area contributed by atoms with Crippen molar-refractivity contribution in [3.63, 3.8) is 0 Å². The first-order valence-electron chi connectivity index (χ1n) is 14.9. The predicted octanol–water partition coefficient (Wildman–Crippen LogP) is 11.6. The molecule has 0 saturated heterocycles. The van der Waals surface area contributed by atoms with E-state index in [2.05, 4.69) is 132 Å². The van der Waals surface area contributed by atoms with Gasteiger partial charge in [0.1, 0.15) is 5.58 Å². The fourth-order valence-corrected chi connectivity index (χ4v) is 6.58. The quantitative estimate of drug-likeness (QED) is 0.200. The summed E-state index contributed by atoms with van der Waals surface area (Å²) in [7, 11) is 0. The molecule has 44 heavy (non-hydrogen) atoms. The van der Waals surface area contributed by atoms with E-state index in [9.17, 15) is 0 Å². The number of para-hydroxylation sites is 1. The Balaban J connectivity index is 1.31.